The van der Waals surface area contributed by atoms with E-state index in [0.717, 1.165) is 22.4 Å². The van der Waals surface area contributed by atoms with Crippen molar-refractivity contribution in [1.82, 2.24) is 19.9 Å². The molecule has 0 aliphatic rings. The van der Waals surface area contributed by atoms with Crippen molar-refractivity contribution >= 4 is 22.6 Å². The maximum absolute atomic E-state index is 12.7. The largest absolute Gasteiger partial charge is 0.338 e. The van der Waals surface area contributed by atoms with Gasteiger partial charge in [-0.25, -0.2) is 9.97 Å². The van der Waals surface area contributed by atoms with E-state index in [4.69, 9.17) is 0 Å². The zero-order chi connectivity index (χ0) is 21.5. The molecule has 4 aromatic rings. The molecular weight excluding hydrogens is 378 g/mol. The van der Waals surface area contributed by atoms with Crippen molar-refractivity contribution < 1.29 is 4.79 Å². The number of aryl methyl sites for hydroxylation is 1. The highest BCUT2D eigenvalue weighted by Gasteiger charge is 2.22. The van der Waals surface area contributed by atoms with E-state index in [-0.39, 0.29) is 11.0 Å². The quantitative estimate of drug-likeness (QED) is 0.479. The topological polar surface area (TPSA) is 104 Å². The van der Waals surface area contributed by atoms with Crippen molar-refractivity contribution in [2.24, 2.45) is 0 Å². The summed E-state index contributed by atoms with van der Waals surface area (Å²) >= 11 is 0. The lowest BCUT2D eigenvalue weighted by molar-refractivity contribution is 0.102. The third kappa shape index (κ3) is 3.74. The lowest BCUT2D eigenvalue weighted by Crippen LogP contribution is -2.30. The van der Waals surface area contributed by atoms with Gasteiger partial charge in [0.25, 0.3) is 11.5 Å². The summed E-state index contributed by atoms with van der Waals surface area (Å²) in [7, 11) is 0. The van der Waals surface area contributed by atoms with Crippen LogP contribution in [0.5, 0.6) is 0 Å². The number of hydrogen-bond donors (Lipinski definition) is 3. The number of benzene rings is 2. The van der Waals surface area contributed by atoms with Gasteiger partial charge in [-0.05, 0) is 43.3 Å². The monoisotopic (exact) mass is 401 g/mol. The number of imidazole rings is 1. The molecule has 2 aromatic heterocycles. The number of para-hydroxylation sites is 2. The van der Waals surface area contributed by atoms with Crippen LogP contribution in [0.2, 0.25) is 0 Å². The van der Waals surface area contributed by atoms with E-state index in [0.29, 0.717) is 17.2 Å². The summed E-state index contributed by atoms with van der Waals surface area (Å²) in [4.78, 5) is 40.2. The van der Waals surface area contributed by atoms with Crippen LogP contribution in [-0.4, -0.2) is 25.8 Å². The van der Waals surface area contributed by atoms with Crippen molar-refractivity contribution in [3.05, 3.63) is 76.0 Å². The van der Waals surface area contributed by atoms with Gasteiger partial charge in [0.1, 0.15) is 17.2 Å². The maximum atomic E-state index is 12.7. The van der Waals surface area contributed by atoms with Crippen molar-refractivity contribution in [2.75, 3.05) is 5.32 Å². The van der Waals surface area contributed by atoms with E-state index in [9.17, 15) is 9.59 Å². The molecule has 1 amide bonds. The Hall–Kier alpha value is -3.74. The first kappa shape index (κ1) is 19.6. The second kappa shape index (κ2) is 7.26. The predicted octanol–water partition coefficient (Wildman–Crippen LogP) is 4.17. The second-order valence-corrected chi connectivity index (χ2v) is 8.26. The zero-order valence-corrected chi connectivity index (χ0v) is 17.3. The number of nitrogens with zero attached hydrogens (tertiary/aromatic N) is 2. The molecule has 2 heterocycles. The van der Waals surface area contributed by atoms with Gasteiger partial charge in [-0.2, -0.15) is 0 Å². The summed E-state index contributed by atoms with van der Waals surface area (Å²) in [5, 5.41) is 2.77. The predicted molar refractivity (Wildman–Crippen MR) is 118 cm³/mol. The summed E-state index contributed by atoms with van der Waals surface area (Å²) in [5.41, 5.74) is 3.00. The number of fused-ring (bicyclic) bond motifs is 1. The Morgan fingerprint density at radius 2 is 1.67 bits per heavy atom. The van der Waals surface area contributed by atoms with Crippen molar-refractivity contribution in [2.45, 2.75) is 33.1 Å². The molecule has 2 aromatic carbocycles. The minimum Gasteiger partial charge on any atom is -0.338 e. The fraction of sp³-hybridized carbons (Fsp3) is 0.217. The lowest BCUT2D eigenvalue weighted by Gasteiger charge is -2.18. The van der Waals surface area contributed by atoms with Gasteiger partial charge >= 0.3 is 0 Å². The van der Waals surface area contributed by atoms with Gasteiger partial charge in [-0.3, -0.25) is 9.59 Å². The molecule has 0 bridgehead atoms. The van der Waals surface area contributed by atoms with Gasteiger partial charge in [-0.1, -0.05) is 32.9 Å². The third-order valence-electron chi connectivity index (χ3n) is 4.84. The van der Waals surface area contributed by atoms with Gasteiger partial charge in [0.15, 0.2) is 0 Å². The average molecular weight is 401 g/mol. The van der Waals surface area contributed by atoms with Crippen LogP contribution >= 0.6 is 0 Å². The molecule has 0 aliphatic heterocycles. The number of amides is 1. The van der Waals surface area contributed by atoms with Crippen LogP contribution in [0.15, 0.2) is 53.3 Å². The molecule has 152 valence electrons. The summed E-state index contributed by atoms with van der Waals surface area (Å²) in [6.45, 7) is 7.53. The van der Waals surface area contributed by atoms with Gasteiger partial charge in [-0.15, -0.1) is 0 Å². The molecule has 0 aliphatic carbocycles. The zero-order valence-electron chi connectivity index (χ0n) is 17.3. The van der Waals surface area contributed by atoms with Crippen LogP contribution in [0.3, 0.4) is 0 Å². The number of nitrogens with one attached hydrogen (secondary N) is 3. The fourth-order valence-electron chi connectivity index (χ4n) is 3.20. The number of anilines is 1. The van der Waals surface area contributed by atoms with E-state index >= 15 is 0 Å². The molecule has 0 radical (unpaired) electrons. The van der Waals surface area contributed by atoms with Crippen molar-refractivity contribution in [3.8, 4) is 11.4 Å². The summed E-state index contributed by atoms with van der Waals surface area (Å²) in [6.07, 6.45) is 0. The first-order chi connectivity index (χ1) is 14.2. The van der Waals surface area contributed by atoms with Crippen LogP contribution in [0.25, 0.3) is 22.4 Å². The molecule has 7 heteroatoms. The molecule has 4 rings (SSSR count). The summed E-state index contributed by atoms with van der Waals surface area (Å²) < 4.78 is 0. The van der Waals surface area contributed by atoms with Crippen LogP contribution < -0.4 is 10.9 Å². The maximum Gasteiger partial charge on any atom is 0.264 e. The molecule has 7 nitrogen and oxygen atoms in total. The van der Waals surface area contributed by atoms with Crippen molar-refractivity contribution in [3.63, 3.8) is 0 Å². The normalized spacial score (nSPS) is 11.6. The van der Waals surface area contributed by atoms with Crippen LogP contribution in [0, 0.1) is 6.92 Å². The lowest BCUT2D eigenvalue weighted by atomic mass is 9.95. The number of rotatable bonds is 3. The minimum absolute atomic E-state index is 0.0179. The first-order valence-electron chi connectivity index (χ1n) is 9.70. The Morgan fingerprint density at radius 1 is 0.967 bits per heavy atom. The molecule has 0 saturated carbocycles. The van der Waals surface area contributed by atoms with Crippen LogP contribution in [0.4, 0.5) is 5.69 Å². The van der Waals surface area contributed by atoms with Crippen LogP contribution in [-0.2, 0) is 5.41 Å². The highest BCUT2D eigenvalue weighted by Crippen LogP contribution is 2.22. The molecule has 0 saturated heterocycles. The fourth-order valence-corrected chi connectivity index (χ4v) is 3.20. The minimum atomic E-state index is -0.488. The SMILES string of the molecule is Cc1nc(C(C)(C)C)[nH]c(=O)c1C(=O)Nc1ccc(-c2nc3ccccc3[nH]2)cc1. The van der Waals surface area contributed by atoms with Gasteiger partial charge < -0.3 is 15.3 Å². The molecular formula is C23H23N5O2. The highest BCUT2D eigenvalue weighted by molar-refractivity contribution is 6.04. The van der Waals surface area contributed by atoms with E-state index in [1.54, 1.807) is 19.1 Å². The summed E-state index contributed by atoms with van der Waals surface area (Å²) in [6, 6.07) is 15.1. The Bertz CT molecular complexity index is 1260. The molecule has 0 atom stereocenters. The standard InChI is InChI=1S/C23H23N5O2/c1-13-18(21(30)28-22(24-13)23(2,3)4)20(29)25-15-11-9-14(10-12-15)19-26-16-7-5-6-8-17(16)27-19/h5-12H,1-4H3,(H,25,29)(H,26,27)(H,24,28,30). The third-order valence-corrected chi connectivity index (χ3v) is 4.84. The highest BCUT2D eigenvalue weighted by atomic mass is 16.2. The number of hydrogen-bond acceptors (Lipinski definition) is 4. The smallest absolute Gasteiger partial charge is 0.264 e. The van der Waals surface area contributed by atoms with Gasteiger partial charge in [0.2, 0.25) is 0 Å². The molecule has 0 fully saturated rings. The molecule has 0 unspecified atom stereocenters. The van der Waals surface area contributed by atoms with Gasteiger partial charge in [0.05, 0.1) is 16.7 Å². The number of carbonyl (C=O) groups excluding carboxylic acids is 1. The van der Waals surface area contributed by atoms with Gasteiger partial charge in [0, 0.05) is 16.7 Å². The van der Waals surface area contributed by atoms with E-state index < -0.39 is 11.5 Å². The van der Waals surface area contributed by atoms with E-state index in [2.05, 4.69) is 25.3 Å². The molecule has 30 heavy (non-hydrogen) atoms. The Balaban J connectivity index is 1.56. The number of H-pyrrole nitrogens is 2. The summed E-state index contributed by atoms with van der Waals surface area (Å²) in [5.74, 6) is 0.818. The Kier molecular flexibility index (Phi) is 4.73. The average Bonchev–Trinajstić information content (AvgIpc) is 3.11. The first-order valence-corrected chi connectivity index (χ1v) is 9.70. The Morgan fingerprint density at radius 3 is 2.30 bits per heavy atom. The molecule has 3 N–H and O–H groups in total. The number of carbonyl (C=O) groups is 1. The molecule has 0 spiro atoms. The number of aromatic amines is 2. The van der Waals surface area contributed by atoms with E-state index in [1.807, 2.05) is 57.2 Å². The van der Waals surface area contributed by atoms with Crippen LogP contribution in [0.1, 0.15) is 42.6 Å². The number of aromatic nitrogens is 4. The Labute approximate surface area is 173 Å². The second-order valence-electron chi connectivity index (χ2n) is 8.26. The van der Waals surface area contributed by atoms with E-state index in [1.165, 1.54) is 0 Å². The van der Waals surface area contributed by atoms with Crippen molar-refractivity contribution in [1.29, 1.82) is 0 Å².